The standard InChI is InChI=1S/C19H12ClF2N5O5S/c1-32-18-13(4-9(20)5-24-18)27(33(30)31)12-3-2-10(21)15(16(12)22)11-7-26-8-25-17(19(28)29)14(26)6-23-11/h2-8H,1H3,(H,28,29)(H,30,31). The van der Waals surface area contributed by atoms with Crippen LogP contribution in [0.4, 0.5) is 20.2 Å². The van der Waals surface area contributed by atoms with Gasteiger partial charge in [0.25, 0.3) is 11.3 Å². The van der Waals surface area contributed by atoms with E-state index >= 15 is 4.39 Å². The molecule has 1 aromatic carbocycles. The van der Waals surface area contributed by atoms with Crippen molar-refractivity contribution in [3.05, 3.63) is 65.5 Å². The number of anilines is 2. The van der Waals surface area contributed by atoms with E-state index in [0.717, 1.165) is 24.7 Å². The number of nitrogens with zero attached hydrogens (tertiary/aromatic N) is 5. The molecular formula is C19H12ClF2N5O5S. The number of rotatable bonds is 6. The first-order valence-corrected chi connectivity index (χ1v) is 10.3. The highest BCUT2D eigenvalue weighted by Gasteiger charge is 2.28. The Morgan fingerprint density at radius 2 is 1.97 bits per heavy atom. The molecule has 0 saturated carbocycles. The normalized spacial score (nSPS) is 12.0. The second kappa shape index (κ2) is 8.69. The Bertz CT molecular complexity index is 1430. The number of halogens is 3. The summed E-state index contributed by atoms with van der Waals surface area (Å²) < 4.78 is 59.3. The van der Waals surface area contributed by atoms with E-state index in [1.165, 1.54) is 30.0 Å². The molecule has 0 radical (unpaired) electrons. The molecule has 0 spiro atoms. The highest BCUT2D eigenvalue weighted by molar-refractivity contribution is 7.81. The molecule has 0 aliphatic rings. The van der Waals surface area contributed by atoms with Crippen molar-refractivity contribution in [1.82, 2.24) is 19.4 Å². The number of pyridine rings is 1. The van der Waals surface area contributed by atoms with Crippen LogP contribution < -0.4 is 9.04 Å². The number of fused-ring (bicyclic) bond motifs is 1. The predicted octanol–water partition coefficient (Wildman–Crippen LogP) is 3.70. The largest absolute Gasteiger partial charge is 0.479 e. The van der Waals surface area contributed by atoms with Crippen LogP contribution in [0.5, 0.6) is 5.88 Å². The maximum atomic E-state index is 15.6. The highest BCUT2D eigenvalue weighted by atomic mass is 35.5. The molecule has 0 aliphatic heterocycles. The molecule has 0 fully saturated rings. The Balaban J connectivity index is 1.91. The molecule has 1 unspecified atom stereocenters. The van der Waals surface area contributed by atoms with Crippen LogP contribution in [0, 0.1) is 11.6 Å². The molecule has 4 rings (SSSR count). The zero-order valence-electron chi connectivity index (χ0n) is 16.4. The highest BCUT2D eigenvalue weighted by Crippen LogP contribution is 2.39. The number of ether oxygens (including phenoxy) is 1. The van der Waals surface area contributed by atoms with E-state index in [0.29, 0.717) is 4.31 Å². The van der Waals surface area contributed by atoms with Gasteiger partial charge in [-0.05, 0) is 18.2 Å². The number of carboxylic acids is 1. The lowest BCUT2D eigenvalue weighted by Gasteiger charge is -2.23. The van der Waals surface area contributed by atoms with Crippen molar-refractivity contribution < 1.29 is 32.2 Å². The number of methoxy groups -OCH3 is 1. The molecule has 0 saturated heterocycles. The summed E-state index contributed by atoms with van der Waals surface area (Å²) in [4.78, 5) is 22.8. The van der Waals surface area contributed by atoms with Gasteiger partial charge in [0.2, 0.25) is 5.88 Å². The van der Waals surface area contributed by atoms with E-state index in [4.69, 9.17) is 21.4 Å². The van der Waals surface area contributed by atoms with Gasteiger partial charge in [-0.2, -0.15) is 0 Å². The minimum Gasteiger partial charge on any atom is -0.479 e. The summed E-state index contributed by atoms with van der Waals surface area (Å²) >= 11 is 3.10. The van der Waals surface area contributed by atoms with Gasteiger partial charge in [0.15, 0.2) is 11.5 Å². The van der Waals surface area contributed by atoms with Gasteiger partial charge >= 0.3 is 5.97 Å². The molecule has 0 bridgehead atoms. The van der Waals surface area contributed by atoms with Gasteiger partial charge in [-0.25, -0.2) is 32.1 Å². The van der Waals surface area contributed by atoms with Gasteiger partial charge in [0.1, 0.15) is 17.8 Å². The monoisotopic (exact) mass is 495 g/mol. The number of carbonyl (C=O) groups is 1. The third-order valence-corrected chi connectivity index (χ3v) is 5.45. The van der Waals surface area contributed by atoms with Crippen molar-refractivity contribution in [1.29, 1.82) is 0 Å². The lowest BCUT2D eigenvalue weighted by Crippen LogP contribution is -2.22. The predicted molar refractivity (Wildman–Crippen MR) is 114 cm³/mol. The van der Waals surface area contributed by atoms with Gasteiger partial charge in [0, 0.05) is 12.4 Å². The van der Waals surface area contributed by atoms with Gasteiger partial charge in [-0.3, -0.25) is 9.54 Å². The van der Waals surface area contributed by atoms with Crippen molar-refractivity contribution in [2.75, 3.05) is 11.4 Å². The first-order valence-electron chi connectivity index (χ1n) is 8.88. The maximum absolute atomic E-state index is 15.6. The number of aromatic nitrogens is 4. The van der Waals surface area contributed by atoms with Crippen LogP contribution in [0.15, 0.2) is 43.1 Å². The van der Waals surface area contributed by atoms with Crippen molar-refractivity contribution in [3.8, 4) is 17.1 Å². The molecule has 3 heterocycles. The van der Waals surface area contributed by atoms with E-state index in [9.17, 15) is 17.9 Å². The van der Waals surface area contributed by atoms with Crippen LogP contribution in [0.3, 0.4) is 0 Å². The molecule has 14 heteroatoms. The number of benzene rings is 1. The average Bonchev–Trinajstić information content (AvgIpc) is 3.19. The summed E-state index contributed by atoms with van der Waals surface area (Å²) in [5.41, 5.74) is -1.65. The third-order valence-electron chi connectivity index (χ3n) is 4.53. The third kappa shape index (κ3) is 3.97. The van der Waals surface area contributed by atoms with Crippen LogP contribution in [-0.2, 0) is 11.3 Å². The van der Waals surface area contributed by atoms with Crippen molar-refractivity contribution >= 4 is 45.7 Å². The van der Waals surface area contributed by atoms with Crippen LogP contribution in [-0.4, -0.2) is 46.3 Å². The first-order chi connectivity index (χ1) is 15.7. The van der Waals surface area contributed by atoms with Gasteiger partial charge < -0.3 is 14.2 Å². The van der Waals surface area contributed by atoms with Gasteiger partial charge in [-0.1, -0.05) is 11.6 Å². The number of hydrogen-bond donors (Lipinski definition) is 2. The average molecular weight is 496 g/mol. The first kappa shape index (κ1) is 22.5. The molecule has 4 aromatic rings. The Hall–Kier alpha value is -3.68. The summed E-state index contributed by atoms with van der Waals surface area (Å²) in [5, 5.41) is 9.23. The molecule has 3 aromatic heterocycles. The number of hydrogen-bond acceptors (Lipinski definition) is 6. The lowest BCUT2D eigenvalue weighted by molar-refractivity contribution is 0.0693. The molecule has 33 heavy (non-hydrogen) atoms. The smallest absolute Gasteiger partial charge is 0.356 e. The minimum absolute atomic E-state index is 0.0745. The van der Waals surface area contributed by atoms with Crippen LogP contribution in [0.2, 0.25) is 5.02 Å². The summed E-state index contributed by atoms with van der Waals surface area (Å²) in [7, 11) is 1.25. The zero-order chi connectivity index (χ0) is 23.9. The van der Waals surface area contributed by atoms with Crippen molar-refractivity contribution in [2.24, 2.45) is 0 Å². The summed E-state index contributed by atoms with van der Waals surface area (Å²) in [6.45, 7) is 0. The van der Waals surface area contributed by atoms with E-state index in [1.807, 2.05) is 0 Å². The molecule has 10 nitrogen and oxygen atoms in total. The molecule has 0 aliphatic carbocycles. The Morgan fingerprint density at radius 3 is 2.64 bits per heavy atom. The number of carboxylic acid groups (broad SMARTS) is 1. The summed E-state index contributed by atoms with van der Waals surface area (Å²) in [6, 6.07) is 3.08. The van der Waals surface area contributed by atoms with E-state index in [-0.39, 0.29) is 33.5 Å². The van der Waals surface area contributed by atoms with E-state index in [1.54, 1.807) is 0 Å². The second-order valence-electron chi connectivity index (χ2n) is 6.43. The van der Waals surface area contributed by atoms with Gasteiger partial charge in [-0.15, -0.1) is 0 Å². The fraction of sp³-hybridized carbons (Fsp3) is 0.0526. The van der Waals surface area contributed by atoms with Crippen LogP contribution in [0.1, 0.15) is 10.5 Å². The molecule has 170 valence electrons. The van der Waals surface area contributed by atoms with Gasteiger partial charge in [0.05, 0.1) is 40.8 Å². The van der Waals surface area contributed by atoms with Crippen molar-refractivity contribution in [2.45, 2.75) is 0 Å². The number of imidazole rings is 1. The fourth-order valence-electron chi connectivity index (χ4n) is 3.14. The quantitative estimate of drug-likeness (QED) is 0.387. The molecule has 2 N–H and O–H groups in total. The molecule has 0 amide bonds. The van der Waals surface area contributed by atoms with Crippen molar-refractivity contribution in [3.63, 3.8) is 0 Å². The second-order valence-corrected chi connectivity index (χ2v) is 7.69. The van der Waals surface area contributed by atoms with Crippen LogP contribution >= 0.6 is 11.6 Å². The van der Waals surface area contributed by atoms with E-state index in [2.05, 4.69) is 15.0 Å². The topological polar surface area (TPSA) is 130 Å². The zero-order valence-corrected chi connectivity index (χ0v) is 18.0. The molecular weight excluding hydrogens is 484 g/mol. The summed E-state index contributed by atoms with van der Waals surface area (Å²) in [5.74, 6) is -3.66. The molecule has 1 atom stereocenters. The number of aromatic carboxylic acids is 1. The Labute approximate surface area is 191 Å². The summed E-state index contributed by atoms with van der Waals surface area (Å²) in [6.07, 6.45) is 4.66. The SMILES string of the molecule is COc1ncc(Cl)cc1N(c1ccc(F)c(-c2cn3cnc(C(=O)O)c3cn2)c1F)S(=O)O. The fourth-order valence-corrected chi connectivity index (χ4v) is 3.90. The van der Waals surface area contributed by atoms with Crippen LogP contribution in [0.25, 0.3) is 16.8 Å². The minimum atomic E-state index is -2.84. The Morgan fingerprint density at radius 1 is 1.21 bits per heavy atom. The lowest BCUT2D eigenvalue weighted by atomic mass is 10.1. The van der Waals surface area contributed by atoms with E-state index < -0.39 is 40.1 Å². The maximum Gasteiger partial charge on any atom is 0.356 e. The Kier molecular flexibility index (Phi) is 5.93.